The monoisotopic (exact) mass is 375 g/mol. The summed E-state index contributed by atoms with van der Waals surface area (Å²) in [5.41, 5.74) is -3.81. The fourth-order valence-electron chi connectivity index (χ4n) is 2.03. The minimum Gasteiger partial charge on any atom is -0.349 e. The highest BCUT2D eigenvalue weighted by molar-refractivity contribution is 6.31. The number of nitrogens with zero attached hydrogens (tertiary/aromatic N) is 2. The summed E-state index contributed by atoms with van der Waals surface area (Å²) >= 11 is 5.89. The van der Waals surface area contributed by atoms with Crippen LogP contribution in [0.3, 0.4) is 0 Å². The molecule has 0 unspecified atom stereocenters. The van der Waals surface area contributed by atoms with Crippen molar-refractivity contribution in [3.8, 4) is 0 Å². The number of anilines is 2. The second kappa shape index (κ2) is 6.55. The van der Waals surface area contributed by atoms with Crippen LogP contribution in [0.5, 0.6) is 0 Å². The van der Waals surface area contributed by atoms with Crippen LogP contribution in [-0.4, -0.2) is 9.85 Å². The maximum Gasteiger partial charge on any atom is 0.418 e. The molecule has 1 N–H and O–H groups in total. The number of benzene rings is 2. The molecule has 0 aliphatic heterocycles. The number of nitro groups is 2. The number of non-ortho nitro benzene ring substituents is 1. The minimum atomic E-state index is -5.05. The SMILES string of the molecule is Cc1ccc(Nc2c([N+](=O)[O-])cc([N+](=O)[O-])cc2C(F)(F)F)cc1Cl. The van der Waals surface area contributed by atoms with Gasteiger partial charge < -0.3 is 5.32 Å². The summed E-state index contributed by atoms with van der Waals surface area (Å²) < 4.78 is 39.8. The Hall–Kier alpha value is -2.88. The highest BCUT2D eigenvalue weighted by Crippen LogP contribution is 2.43. The fourth-order valence-corrected chi connectivity index (χ4v) is 2.21. The Morgan fingerprint density at radius 2 is 1.72 bits per heavy atom. The van der Waals surface area contributed by atoms with E-state index in [1.165, 1.54) is 18.2 Å². The standard InChI is InChI=1S/C14H9ClF3N3O4/c1-7-2-3-8(4-11(7)15)19-13-10(14(16,17)18)5-9(20(22)23)6-12(13)21(24)25/h2-6,19H,1H3. The molecule has 0 aliphatic carbocycles. The van der Waals surface area contributed by atoms with E-state index in [0.29, 0.717) is 11.6 Å². The summed E-state index contributed by atoms with van der Waals surface area (Å²) in [6.07, 6.45) is -5.05. The van der Waals surface area contributed by atoms with Crippen LogP contribution in [0.25, 0.3) is 0 Å². The van der Waals surface area contributed by atoms with Crippen molar-refractivity contribution in [2.45, 2.75) is 13.1 Å². The van der Waals surface area contributed by atoms with Crippen molar-refractivity contribution in [2.75, 3.05) is 5.32 Å². The van der Waals surface area contributed by atoms with E-state index in [9.17, 15) is 33.4 Å². The molecule has 25 heavy (non-hydrogen) atoms. The van der Waals surface area contributed by atoms with E-state index >= 15 is 0 Å². The van der Waals surface area contributed by atoms with Crippen LogP contribution in [0.4, 0.5) is 35.9 Å². The van der Waals surface area contributed by atoms with Gasteiger partial charge in [0.2, 0.25) is 0 Å². The van der Waals surface area contributed by atoms with E-state index in [1.807, 2.05) is 0 Å². The van der Waals surface area contributed by atoms with Crippen molar-refractivity contribution in [2.24, 2.45) is 0 Å². The second-order valence-electron chi connectivity index (χ2n) is 4.99. The Morgan fingerprint density at radius 3 is 2.20 bits per heavy atom. The predicted molar refractivity (Wildman–Crippen MR) is 84.2 cm³/mol. The molecule has 0 saturated carbocycles. The number of alkyl halides is 3. The zero-order chi connectivity index (χ0) is 18.9. The lowest BCUT2D eigenvalue weighted by Gasteiger charge is -2.15. The normalized spacial score (nSPS) is 11.2. The van der Waals surface area contributed by atoms with Gasteiger partial charge in [-0.1, -0.05) is 17.7 Å². The van der Waals surface area contributed by atoms with E-state index < -0.39 is 38.6 Å². The number of rotatable bonds is 4. The highest BCUT2D eigenvalue weighted by atomic mass is 35.5. The zero-order valence-corrected chi connectivity index (χ0v) is 13.2. The molecule has 7 nitrogen and oxygen atoms in total. The van der Waals surface area contributed by atoms with Crippen LogP contribution in [0.15, 0.2) is 30.3 Å². The van der Waals surface area contributed by atoms with Gasteiger partial charge in [-0.05, 0) is 24.6 Å². The average molecular weight is 376 g/mol. The Labute approximate surface area is 143 Å². The number of aryl methyl sites for hydroxylation is 1. The van der Waals surface area contributed by atoms with E-state index in [0.717, 1.165) is 0 Å². The topological polar surface area (TPSA) is 98.3 Å². The Balaban J connectivity index is 2.70. The van der Waals surface area contributed by atoms with Crippen LogP contribution in [-0.2, 0) is 6.18 Å². The maximum atomic E-state index is 13.3. The molecule has 0 heterocycles. The van der Waals surface area contributed by atoms with Gasteiger partial charge in [0.05, 0.1) is 21.5 Å². The molecule has 2 aromatic rings. The van der Waals surface area contributed by atoms with Crippen LogP contribution in [0, 0.1) is 27.2 Å². The summed E-state index contributed by atoms with van der Waals surface area (Å²) in [4.78, 5) is 19.7. The molecule has 0 fully saturated rings. The lowest BCUT2D eigenvalue weighted by molar-refractivity contribution is -0.394. The van der Waals surface area contributed by atoms with E-state index in [2.05, 4.69) is 5.32 Å². The highest BCUT2D eigenvalue weighted by Gasteiger charge is 2.39. The largest absolute Gasteiger partial charge is 0.418 e. The van der Waals surface area contributed by atoms with E-state index in [1.54, 1.807) is 6.92 Å². The first kappa shape index (κ1) is 18.5. The lowest BCUT2D eigenvalue weighted by Crippen LogP contribution is -2.12. The molecule has 0 spiro atoms. The third-order valence-corrected chi connectivity index (χ3v) is 3.66. The third kappa shape index (κ3) is 3.97. The van der Waals surface area contributed by atoms with Gasteiger partial charge in [-0.15, -0.1) is 0 Å². The van der Waals surface area contributed by atoms with Crippen molar-refractivity contribution in [3.63, 3.8) is 0 Å². The molecular weight excluding hydrogens is 367 g/mol. The number of hydrogen-bond acceptors (Lipinski definition) is 5. The zero-order valence-electron chi connectivity index (χ0n) is 12.4. The van der Waals surface area contributed by atoms with Crippen molar-refractivity contribution < 1.29 is 23.0 Å². The first-order valence-electron chi connectivity index (χ1n) is 6.58. The van der Waals surface area contributed by atoms with Crippen LogP contribution in [0.1, 0.15) is 11.1 Å². The second-order valence-corrected chi connectivity index (χ2v) is 5.40. The average Bonchev–Trinajstić information content (AvgIpc) is 2.49. The summed E-state index contributed by atoms with van der Waals surface area (Å²) in [7, 11) is 0. The predicted octanol–water partition coefficient (Wildman–Crippen LogP) is 5.23. The fraction of sp³-hybridized carbons (Fsp3) is 0.143. The summed E-state index contributed by atoms with van der Waals surface area (Å²) in [5.74, 6) is 0. The van der Waals surface area contributed by atoms with Gasteiger partial charge in [0, 0.05) is 16.8 Å². The smallest absolute Gasteiger partial charge is 0.349 e. The Kier molecular flexibility index (Phi) is 4.84. The summed E-state index contributed by atoms with van der Waals surface area (Å²) in [5, 5.41) is 24.5. The van der Waals surface area contributed by atoms with Gasteiger partial charge in [0.15, 0.2) is 0 Å². The summed E-state index contributed by atoms with van der Waals surface area (Å²) in [6.45, 7) is 1.67. The number of nitro benzene ring substituents is 2. The Bertz CT molecular complexity index is 871. The quantitative estimate of drug-likeness (QED) is 0.583. The molecule has 0 aromatic heterocycles. The maximum absolute atomic E-state index is 13.3. The lowest BCUT2D eigenvalue weighted by atomic mass is 10.1. The molecule has 0 saturated heterocycles. The van der Waals surface area contributed by atoms with Gasteiger partial charge in [0.25, 0.3) is 11.4 Å². The number of halogens is 4. The summed E-state index contributed by atoms with van der Waals surface area (Å²) in [6, 6.07) is 4.89. The van der Waals surface area contributed by atoms with Crippen molar-refractivity contribution in [1.82, 2.24) is 0 Å². The molecule has 2 aromatic carbocycles. The third-order valence-electron chi connectivity index (χ3n) is 3.26. The first-order valence-corrected chi connectivity index (χ1v) is 6.95. The van der Waals surface area contributed by atoms with Crippen molar-refractivity contribution in [1.29, 1.82) is 0 Å². The molecule has 0 radical (unpaired) electrons. The molecule has 11 heteroatoms. The molecule has 0 aliphatic rings. The molecular formula is C14H9ClF3N3O4. The number of nitrogens with one attached hydrogen (secondary N) is 1. The van der Waals surface area contributed by atoms with E-state index in [4.69, 9.17) is 11.6 Å². The van der Waals surface area contributed by atoms with Gasteiger partial charge >= 0.3 is 6.18 Å². The van der Waals surface area contributed by atoms with Gasteiger partial charge in [-0.3, -0.25) is 20.2 Å². The van der Waals surface area contributed by atoms with Gasteiger partial charge in [-0.25, -0.2) is 0 Å². The van der Waals surface area contributed by atoms with Crippen LogP contribution < -0.4 is 5.32 Å². The number of hydrogen-bond donors (Lipinski definition) is 1. The molecule has 0 atom stereocenters. The molecule has 2 rings (SSSR count). The Morgan fingerprint density at radius 1 is 1.08 bits per heavy atom. The van der Waals surface area contributed by atoms with Crippen molar-refractivity contribution in [3.05, 3.63) is 66.7 Å². The van der Waals surface area contributed by atoms with Crippen LogP contribution in [0.2, 0.25) is 5.02 Å². The van der Waals surface area contributed by atoms with Gasteiger partial charge in [-0.2, -0.15) is 13.2 Å². The van der Waals surface area contributed by atoms with Crippen LogP contribution >= 0.6 is 11.6 Å². The van der Waals surface area contributed by atoms with Gasteiger partial charge in [0.1, 0.15) is 5.69 Å². The molecule has 0 bridgehead atoms. The minimum absolute atomic E-state index is 0.0676. The van der Waals surface area contributed by atoms with Crippen molar-refractivity contribution >= 4 is 34.4 Å². The molecule has 132 valence electrons. The van der Waals surface area contributed by atoms with E-state index in [-0.39, 0.29) is 16.8 Å². The first-order chi connectivity index (χ1) is 11.5. The molecule has 0 amide bonds.